The molecule has 0 aromatic heterocycles. The van der Waals surface area contributed by atoms with Crippen LogP contribution in [0.2, 0.25) is 0 Å². The Morgan fingerprint density at radius 3 is 2.67 bits per heavy atom. The fourth-order valence-corrected chi connectivity index (χ4v) is 1.47. The molecule has 1 rings (SSSR count). The van der Waals surface area contributed by atoms with Gasteiger partial charge in [0.1, 0.15) is 5.78 Å². The van der Waals surface area contributed by atoms with Crippen molar-refractivity contribution in [2.45, 2.75) is 19.4 Å². The standard InChI is InChI=1S/C9H14O3/c1-6(11)8-3-2-7(4-5-10)9(8)12/h2-3,6-8,10-11H,4-5H2,1H3. The van der Waals surface area contributed by atoms with Crippen molar-refractivity contribution in [1.82, 2.24) is 0 Å². The number of allylic oxidation sites excluding steroid dienone is 1. The second-order valence-corrected chi connectivity index (χ2v) is 3.17. The van der Waals surface area contributed by atoms with Crippen LogP contribution in [0.15, 0.2) is 12.2 Å². The zero-order valence-electron chi connectivity index (χ0n) is 7.10. The van der Waals surface area contributed by atoms with Crippen LogP contribution in [0.4, 0.5) is 0 Å². The topological polar surface area (TPSA) is 57.5 Å². The fourth-order valence-electron chi connectivity index (χ4n) is 1.47. The van der Waals surface area contributed by atoms with E-state index in [4.69, 9.17) is 5.11 Å². The third-order valence-electron chi connectivity index (χ3n) is 2.20. The maximum Gasteiger partial charge on any atom is 0.149 e. The molecule has 68 valence electrons. The fraction of sp³-hybridized carbons (Fsp3) is 0.667. The van der Waals surface area contributed by atoms with E-state index in [0.29, 0.717) is 6.42 Å². The lowest BCUT2D eigenvalue weighted by atomic mass is 9.95. The number of hydrogen-bond acceptors (Lipinski definition) is 3. The quantitative estimate of drug-likeness (QED) is 0.591. The molecule has 0 spiro atoms. The van der Waals surface area contributed by atoms with Crippen molar-refractivity contribution in [3.63, 3.8) is 0 Å². The maximum atomic E-state index is 11.4. The monoisotopic (exact) mass is 170 g/mol. The average Bonchev–Trinajstić information content (AvgIpc) is 2.34. The third kappa shape index (κ3) is 1.73. The van der Waals surface area contributed by atoms with E-state index in [2.05, 4.69) is 0 Å². The third-order valence-corrected chi connectivity index (χ3v) is 2.20. The predicted molar refractivity (Wildman–Crippen MR) is 44.5 cm³/mol. The highest BCUT2D eigenvalue weighted by molar-refractivity contribution is 5.89. The molecule has 0 bridgehead atoms. The minimum atomic E-state index is -0.613. The van der Waals surface area contributed by atoms with Gasteiger partial charge in [-0.15, -0.1) is 0 Å². The summed E-state index contributed by atoms with van der Waals surface area (Å²) in [6.45, 7) is 1.63. The van der Waals surface area contributed by atoms with Crippen LogP contribution in [-0.4, -0.2) is 28.7 Å². The van der Waals surface area contributed by atoms with Crippen LogP contribution in [0.25, 0.3) is 0 Å². The molecule has 0 aliphatic heterocycles. The second-order valence-electron chi connectivity index (χ2n) is 3.17. The summed E-state index contributed by atoms with van der Waals surface area (Å²) < 4.78 is 0. The van der Waals surface area contributed by atoms with E-state index >= 15 is 0 Å². The number of aliphatic hydroxyl groups excluding tert-OH is 2. The summed E-state index contributed by atoms with van der Waals surface area (Å²) in [4.78, 5) is 11.4. The lowest BCUT2D eigenvalue weighted by Crippen LogP contribution is -2.24. The summed E-state index contributed by atoms with van der Waals surface area (Å²) in [5.74, 6) is -0.518. The first kappa shape index (κ1) is 9.42. The normalized spacial score (nSPS) is 31.1. The molecule has 3 nitrogen and oxygen atoms in total. The molecular weight excluding hydrogens is 156 g/mol. The van der Waals surface area contributed by atoms with E-state index in [1.165, 1.54) is 0 Å². The zero-order valence-corrected chi connectivity index (χ0v) is 7.10. The van der Waals surface area contributed by atoms with Gasteiger partial charge in [-0.05, 0) is 13.3 Å². The first-order valence-corrected chi connectivity index (χ1v) is 4.17. The zero-order chi connectivity index (χ0) is 9.14. The van der Waals surface area contributed by atoms with Crippen LogP contribution < -0.4 is 0 Å². The van der Waals surface area contributed by atoms with Gasteiger partial charge in [-0.2, -0.15) is 0 Å². The molecule has 0 heterocycles. The summed E-state index contributed by atoms with van der Waals surface area (Å²) in [6.07, 6.45) is 3.36. The van der Waals surface area contributed by atoms with Gasteiger partial charge in [0.15, 0.2) is 0 Å². The molecule has 3 atom stereocenters. The van der Waals surface area contributed by atoms with Crippen molar-refractivity contribution >= 4 is 5.78 Å². The SMILES string of the molecule is CC(O)C1C=CC(CCO)C1=O. The van der Waals surface area contributed by atoms with E-state index in [1.807, 2.05) is 0 Å². The van der Waals surface area contributed by atoms with Gasteiger partial charge in [-0.3, -0.25) is 4.79 Å². The summed E-state index contributed by atoms with van der Waals surface area (Å²) in [6, 6.07) is 0. The highest BCUT2D eigenvalue weighted by Gasteiger charge is 2.31. The van der Waals surface area contributed by atoms with E-state index < -0.39 is 6.10 Å². The van der Waals surface area contributed by atoms with Crippen LogP contribution in [0.3, 0.4) is 0 Å². The highest BCUT2D eigenvalue weighted by atomic mass is 16.3. The van der Waals surface area contributed by atoms with E-state index in [-0.39, 0.29) is 24.2 Å². The van der Waals surface area contributed by atoms with Crippen molar-refractivity contribution in [2.24, 2.45) is 11.8 Å². The lowest BCUT2D eigenvalue weighted by molar-refractivity contribution is -0.125. The van der Waals surface area contributed by atoms with Crippen LogP contribution in [0.1, 0.15) is 13.3 Å². The van der Waals surface area contributed by atoms with Gasteiger partial charge in [0.05, 0.1) is 12.0 Å². The molecule has 2 N–H and O–H groups in total. The molecule has 0 saturated carbocycles. The van der Waals surface area contributed by atoms with E-state index in [9.17, 15) is 9.90 Å². The number of ketones is 1. The number of carbonyl (C=O) groups is 1. The molecule has 12 heavy (non-hydrogen) atoms. The van der Waals surface area contributed by atoms with Crippen molar-refractivity contribution in [3.05, 3.63) is 12.2 Å². The Labute approximate surface area is 71.7 Å². The largest absolute Gasteiger partial charge is 0.396 e. The van der Waals surface area contributed by atoms with E-state index in [0.717, 1.165) is 0 Å². The molecule has 3 heteroatoms. The first-order valence-electron chi connectivity index (χ1n) is 4.17. The molecule has 0 radical (unpaired) electrons. The second kappa shape index (κ2) is 3.83. The minimum Gasteiger partial charge on any atom is -0.396 e. The number of aliphatic hydroxyl groups is 2. The van der Waals surface area contributed by atoms with Gasteiger partial charge in [0.25, 0.3) is 0 Å². The highest BCUT2D eigenvalue weighted by Crippen LogP contribution is 2.24. The van der Waals surface area contributed by atoms with Crippen molar-refractivity contribution in [2.75, 3.05) is 6.61 Å². The van der Waals surface area contributed by atoms with Gasteiger partial charge in [0, 0.05) is 12.5 Å². The Morgan fingerprint density at radius 1 is 1.58 bits per heavy atom. The van der Waals surface area contributed by atoms with Gasteiger partial charge < -0.3 is 10.2 Å². The van der Waals surface area contributed by atoms with Gasteiger partial charge in [-0.25, -0.2) is 0 Å². The smallest absolute Gasteiger partial charge is 0.149 e. The molecule has 0 amide bonds. The number of Topliss-reactive ketones (excluding diaryl/α,β-unsaturated/α-hetero) is 1. The Balaban J connectivity index is 2.56. The molecular formula is C9H14O3. The van der Waals surface area contributed by atoms with Gasteiger partial charge in [0.2, 0.25) is 0 Å². The Kier molecular flexibility index (Phi) is 3.00. The molecule has 0 saturated heterocycles. The molecule has 1 aliphatic rings. The van der Waals surface area contributed by atoms with Gasteiger partial charge in [-0.1, -0.05) is 12.2 Å². The Bertz CT molecular complexity index is 196. The summed E-state index contributed by atoms with van der Waals surface area (Å²) in [5, 5.41) is 17.8. The van der Waals surface area contributed by atoms with Crippen LogP contribution in [-0.2, 0) is 4.79 Å². The molecule has 3 unspecified atom stereocenters. The van der Waals surface area contributed by atoms with Crippen molar-refractivity contribution in [3.8, 4) is 0 Å². The first-order chi connectivity index (χ1) is 5.66. The summed E-state index contributed by atoms with van der Waals surface area (Å²) >= 11 is 0. The maximum absolute atomic E-state index is 11.4. The lowest BCUT2D eigenvalue weighted by Gasteiger charge is -2.12. The molecule has 0 aromatic rings. The van der Waals surface area contributed by atoms with Crippen molar-refractivity contribution in [1.29, 1.82) is 0 Å². The van der Waals surface area contributed by atoms with Crippen LogP contribution in [0.5, 0.6) is 0 Å². The minimum absolute atomic E-state index is 0.0211. The average molecular weight is 170 g/mol. The molecule has 1 aliphatic carbocycles. The van der Waals surface area contributed by atoms with Crippen LogP contribution >= 0.6 is 0 Å². The Hall–Kier alpha value is -0.670. The number of carbonyl (C=O) groups excluding carboxylic acids is 1. The number of rotatable bonds is 3. The van der Waals surface area contributed by atoms with Crippen LogP contribution in [0, 0.1) is 11.8 Å². The Morgan fingerprint density at radius 2 is 2.25 bits per heavy atom. The summed E-state index contributed by atoms with van der Waals surface area (Å²) in [5.41, 5.74) is 0. The summed E-state index contributed by atoms with van der Waals surface area (Å²) in [7, 11) is 0. The molecule has 0 aromatic carbocycles. The molecule has 0 fully saturated rings. The number of hydrogen-bond donors (Lipinski definition) is 2. The van der Waals surface area contributed by atoms with E-state index in [1.54, 1.807) is 19.1 Å². The predicted octanol–water partition coefficient (Wildman–Crippen LogP) is 0.121. The van der Waals surface area contributed by atoms with Gasteiger partial charge >= 0.3 is 0 Å². The van der Waals surface area contributed by atoms with Crippen molar-refractivity contribution < 1.29 is 15.0 Å².